The van der Waals surface area contributed by atoms with Gasteiger partial charge in [0.1, 0.15) is 5.69 Å². The summed E-state index contributed by atoms with van der Waals surface area (Å²) >= 11 is 6.03. The third-order valence-corrected chi connectivity index (χ3v) is 5.53. The van der Waals surface area contributed by atoms with Crippen molar-refractivity contribution in [3.8, 4) is 11.5 Å². The van der Waals surface area contributed by atoms with E-state index in [4.69, 9.17) is 21.1 Å². The van der Waals surface area contributed by atoms with Gasteiger partial charge < -0.3 is 24.3 Å². The Bertz CT molecular complexity index is 1100. The molecule has 4 rings (SSSR count). The molecular formula is C22H22ClN3O4. The van der Waals surface area contributed by atoms with Crippen molar-refractivity contribution < 1.29 is 19.1 Å². The molecule has 1 aromatic heterocycles. The van der Waals surface area contributed by atoms with Crippen LogP contribution in [0.25, 0.3) is 10.9 Å². The van der Waals surface area contributed by atoms with Crippen molar-refractivity contribution in [3.05, 3.63) is 58.7 Å². The molecule has 0 bridgehead atoms. The van der Waals surface area contributed by atoms with Crippen molar-refractivity contribution in [2.24, 2.45) is 0 Å². The van der Waals surface area contributed by atoms with Crippen LogP contribution in [0.3, 0.4) is 0 Å². The van der Waals surface area contributed by atoms with Crippen LogP contribution in [-0.2, 0) is 0 Å². The molecule has 1 aliphatic heterocycles. The Hall–Kier alpha value is -3.19. The monoisotopic (exact) mass is 427 g/mol. The molecule has 2 heterocycles. The predicted molar refractivity (Wildman–Crippen MR) is 115 cm³/mol. The van der Waals surface area contributed by atoms with Gasteiger partial charge in [0.2, 0.25) is 0 Å². The Kier molecular flexibility index (Phi) is 5.55. The number of amides is 2. The lowest BCUT2D eigenvalue weighted by atomic mass is 10.1. The standard InChI is InChI=1S/C22H22ClN3O4/c1-29-19-6-3-14(13-20(19)30-2)21(27)25-7-9-26(10-8-25)22(28)18-12-15-11-16(23)4-5-17(15)24-18/h3-6,11-13,24H,7-10H2,1-2H3. The molecule has 1 N–H and O–H groups in total. The lowest BCUT2D eigenvalue weighted by Crippen LogP contribution is -2.50. The van der Waals surface area contributed by atoms with Gasteiger partial charge in [0, 0.05) is 47.7 Å². The second kappa shape index (κ2) is 8.28. The number of hydrogen-bond donors (Lipinski definition) is 1. The van der Waals surface area contributed by atoms with Gasteiger partial charge in [-0.1, -0.05) is 11.6 Å². The number of carbonyl (C=O) groups is 2. The maximum absolute atomic E-state index is 12.9. The van der Waals surface area contributed by atoms with Crippen LogP contribution in [-0.4, -0.2) is 67.0 Å². The highest BCUT2D eigenvalue weighted by Gasteiger charge is 2.26. The van der Waals surface area contributed by atoms with E-state index in [1.54, 1.807) is 41.2 Å². The quantitative estimate of drug-likeness (QED) is 0.692. The Labute approximate surface area is 179 Å². The number of fused-ring (bicyclic) bond motifs is 1. The average Bonchev–Trinajstić information content (AvgIpc) is 3.20. The Morgan fingerprint density at radius 2 is 1.53 bits per heavy atom. The smallest absolute Gasteiger partial charge is 0.270 e. The predicted octanol–water partition coefficient (Wildman–Crippen LogP) is 3.44. The first-order chi connectivity index (χ1) is 14.5. The molecule has 30 heavy (non-hydrogen) atoms. The highest BCUT2D eigenvalue weighted by Crippen LogP contribution is 2.28. The second-order valence-corrected chi connectivity index (χ2v) is 7.51. The molecule has 2 aromatic carbocycles. The van der Waals surface area contributed by atoms with Crippen LogP contribution in [0.4, 0.5) is 0 Å². The fourth-order valence-corrected chi connectivity index (χ4v) is 3.83. The summed E-state index contributed by atoms with van der Waals surface area (Å²) in [5.41, 5.74) is 1.91. The number of halogens is 1. The van der Waals surface area contributed by atoms with E-state index in [2.05, 4.69) is 4.98 Å². The van der Waals surface area contributed by atoms with Gasteiger partial charge in [-0.2, -0.15) is 0 Å². The Morgan fingerprint density at radius 1 is 0.867 bits per heavy atom. The summed E-state index contributed by atoms with van der Waals surface area (Å²) in [6, 6.07) is 12.4. The largest absolute Gasteiger partial charge is 0.493 e. The molecule has 2 amide bonds. The summed E-state index contributed by atoms with van der Waals surface area (Å²) in [6.45, 7) is 1.86. The third kappa shape index (κ3) is 3.80. The van der Waals surface area contributed by atoms with Crippen LogP contribution in [0.2, 0.25) is 5.02 Å². The third-order valence-electron chi connectivity index (χ3n) is 5.30. The first-order valence-corrected chi connectivity index (χ1v) is 9.97. The molecule has 0 unspecified atom stereocenters. The van der Waals surface area contributed by atoms with E-state index in [9.17, 15) is 9.59 Å². The number of hydrogen-bond acceptors (Lipinski definition) is 4. The van der Waals surface area contributed by atoms with Crippen LogP contribution in [0, 0.1) is 0 Å². The van der Waals surface area contributed by atoms with E-state index in [0.717, 1.165) is 10.9 Å². The number of ether oxygens (including phenoxy) is 2. The van der Waals surface area contributed by atoms with E-state index in [1.807, 2.05) is 18.2 Å². The van der Waals surface area contributed by atoms with Gasteiger partial charge in [0.05, 0.1) is 14.2 Å². The highest BCUT2D eigenvalue weighted by molar-refractivity contribution is 6.31. The molecule has 8 heteroatoms. The van der Waals surface area contributed by atoms with Gasteiger partial charge in [0.15, 0.2) is 11.5 Å². The fourth-order valence-electron chi connectivity index (χ4n) is 3.65. The minimum atomic E-state index is -0.0942. The lowest BCUT2D eigenvalue weighted by molar-refractivity contribution is 0.0532. The summed E-state index contributed by atoms with van der Waals surface area (Å²) in [4.78, 5) is 32.4. The van der Waals surface area contributed by atoms with Crippen molar-refractivity contribution in [2.75, 3.05) is 40.4 Å². The van der Waals surface area contributed by atoms with Crippen molar-refractivity contribution in [3.63, 3.8) is 0 Å². The summed E-state index contributed by atoms with van der Waals surface area (Å²) < 4.78 is 10.5. The number of methoxy groups -OCH3 is 2. The van der Waals surface area contributed by atoms with Crippen LogP contribution >= 0.6 is 11.6 Å². The highest BCUT2D eigenvalue weighted by atomic mass is 35.5. The molecule has 3 aromatic rings. The Morgan fingerprint density at radius 3 is 2.20 bits per heavy atom. The minimum Gasteiger partial charge on any atom is -0.493 e. The molecule has 7 nitrogen and oxygen atoms in total. The number of H-pyrrole nitrogens is 1. The van der Waals surface area contributed by atoms with Crippen molar-refractivity contribution >= 4 is 34.3 Å². The number of rotatable bonds is 4. The van der Waals surface area contributed by atoms with Gasteiger partial charge >= 0.3 is 0 Å². The SMILES string of the molecule is COc1ccc(C(=O)N2CCN(C(=O)c3cc4cc(Cl)ccc4[nH]3)CC2)cc1OC. The average molecular weight is 428 g/mol. The van der Waals surface area contributed by atoms with E-state index in [1.165, 1.54) is 7.11 Å². The maximum Gasteiger partial charge on any atom is 0.270 e. The zero-order chi connectivity index (χ0) is 21.3. The molecule has 156 valence electrons. The van der Waals surface area contributed by atoms with E-state index in [-0.39, 0.29) is 11.8 Å². The topological polar surface area (TPSA) is 74.9 Å². The molecule has 0 spiro atoms. The van der Waals surface area contributed by atoms with Crippen molar-refractivity contribution in [1.29, 1.82) is 0 Å². The zero-order valence-electron chi connectivity index (χ0n) is 16.8. The Balaban J connectivity index is 1.42. The van der Waals surface area contributed by atoms with Gasteiger partial charge in [-0.15, -0.1) is 0 Å². The number of piperazine rings is 1. The van der Waals surface area contributed by atoms with Gasteiger partial charge in [-0.05, 0) is 42.5 Å². The number of nitrogens with one attached hydrogen (secondary N) is 1. The number of aromatic nitrogens is 1. The second-order valence-electron chi connectivity index (χ2n) is 7.07. The van der Waals surface area contributed by atoms with Crippen molar-refractivity contribution in [1.82, 2.24) is 14.8 Å². The van der Waals surface area contributed by atoms with Crippen molar-refractivity contribution in [2.45, 2.75) is 0 Å². The summed E-state index contributed by atoms with van der Waals surface area (Å²) in [5.74, 6) is 0.906. The van der Waals surface area contributed by atoms with Crippen LogP contribution in [0.5, 0.6) is 11.5 Å². The van der Waals surface area contributed by atoms with Crippen LogP contribution in [0.1, 0.15) is 20.8 Å². The molecule has 1 aliphatic rings. The van der Waals surface area contributed by atoms with E-state index < -0.39 is 0 Å². The molecule has 0 saturated carbocycles. The summed E-state index contributed by atoms with van der Waals surface area (Å²) in [6.07, 6.45) is 0. The number of carbonyl (C=O) groups excluding carboxylic acids is 2. The number of benzene rings is 2. The number of aromatic amines is 1. The number of nitrogens with zero attached hydrogens (tertiary/aromatic N) is 2. The first-order valence-electron chi connectivity index (χ1n) is 9.59. The maximum atomic E-state index is 12.9. The zero-order valence-corrected chi connectivity index (χ0v) is 17.5. The fraction of sp³-hybridized carbons (Fsp3) is 0.273. The van der Waals surface area contributed by atoms with Crippen LogP contribution < -0.4 is 9.47 Å². The van der Waals surface area contributed by atoms with E-state index >= 15 is 0 Å². The molecule has 0 radical (unpaired) electrons. The molecule has 1 saturated heterocycles. The minimum absolute atomic E-state index is 0.0828. The van der Waals surface area contributed by atoms with Crippen LogP contribution in [0.15, 0.2) is 42.5 Å². The lowest BCUT2D eigenvalue weighted by Gasteiger charge is -2.34. The van der Waals surface area contributed by atoms with Gasteiger partial charge in [-0.3, -0.25) is 9.59 Å². The van der Waals surface area contributed by atoms with Gasteiger partial charge in [0.25, 0.3) is 11.8 Å². The molecule has 0 aliphatic carbocycles. The summed E-state index contributed by atoms with van der Waals surface area (Å²) in [7, 11) is 3.09. The molecule has 0 atom stereocenters. The van der Waals surface area contributed by atoms with E-state index in [0.29, 0.717) is 54.0 Å². The van der Waals surface area contributed by atoms with Gasteiger partial charge in [-0.25, -0.2) is 0 Å². The molecular weight excluding hydrogens is 406 g/mol. The summed E-state index contributed by atoms with van der Waals surface area (Å²) in [5, 5.41) is 1.52. The molecule has 1 fully saturated rings. The first kappa shape index (κ1) is 20.1. The normalized spacial score (nSPS) is 14.1.